The van der Waals surface area contributed by atoms with E-state index < -0.39 is 10.0 Å². The van der Waals surface area contributed by atoms with E-state index in [9.17, 15) is 13.2 Å². The van der Waals surface area contributed by atoms with Gasteiger partial charge >= 0.3 is 0 Å². The summed E-state index contributed by atoms with van der Waals surface area (Å²) in [6, 6.07) is 6.66. The van der Waals surface area contributed by atoms with Gasteiger partial charge in [-0.3, -0.25) is 4.79 Å². The van der Waals surface area contributed by atoms with Gasteiger partial charge in [0.1, 0.15) is 0 Å². The van der Waals surface area contributed by atoms with Crippen LogP contribution in [0.3, 0.4) is 0 Å². The van der Waals surface area contributed by atoms with E-state index in [-0.39, 0.29) is 30.1 Å². The number of carbonyl (C=O) groups excluding carboxylic acids is 1. The van der Waals surface area contributed by atoms with Crippen LogP contribution in [-0.2, 0) is 15.8 Å². The molecule has 1 aromatic carbocycles. The third-order valence-electron chi connectivity index (χ3n) is 3.19. The van der Waals surface area contributed by atoms with Gasteiger partial charge in [0.2, 0.25) is 10.0 Å². The van der Waals surface area contributed by atoms with Crippen molar-refractivity contribution in [2.45, 2.75) is 24.6 Å². The topological polar surface area (TPSA) is 101 Å². The molecule has 21 heavy (non-hydrogen) atoms. The molecule has 1 aromatic rings. The van der Waals surface area contributed by atoms with Crippen molar-refractivity contribution in [3.8, 4) is 0 Å². The van der Waals surface area contributed by atoms with Crippen molar-refractivity contribution < 1.29 is 13.2 Å². The van der Waals surface area contributed by atoms with Crippen molar-refractivity contribution in [2.75, 3.05) is 13.1 Å². The minimum absolute atomic E-state index is 0. The van der Waals surface area contributed by atoms with Crippen molar-refractivity contribution in [2.24, 2.45) is 5.14 Å². The van der Waals surface area contributed by atoms with Crippen molar-refractivity contribution in [1.29, 1.82) is 0 Å². The largest absolute Gasteiger partial charge is 0.348 e. The zero-order chi connectivity index (χ0) is 14.6. The van der Waals surface area contributed by atoms with Gasteiger partial charge in [0.05, 0.1) is 5.75 Å². The van der Waals surface area contributed by atoms with Gasteiger partial charge < -0.3 is 10.6 Å². The Balaban J connectivity index is 0.00000220. The Morgan fingerprint density at radius 2 is 2.19 bits per heavy atom. The van der Waals surface area contributed by atoms with Gasteiger partial charge in [0.25, 0.3) is 5.91 Å². The molecule has 2 rings (SSSR count). The second kappa shape index (κ2) is 7.74. The molecule has 1 saturated heterocycles. The first kappa shape index (κ1) is 17.9. The van der Waals surface area contributed by atoms with E-state index in [1.54, 1.807) is 24.3 Å². The van der Waals surface area contributed by atoms with Crippen molar-refractivity contribution in [1.82, 2.24) is 10.6 Å². The first-order valence-corrected chi connectivity index (χ1v) is 8.26. The number of hydrogen-bond donors (Lipinski definition) is 3. The molecule has 0 saturated carbocycles. The Hall–Kier alpha value is -1.15. The number of halogens is 1. The van der Waals surface area contributed by atoms with Gasteiger partial charge in [-0.25, -0.2) is 13.6 Å². The molecule has 1 atom stereocenters. The molecular weight excluding hydrogens is 314 g/mol. The average molecular weight is 334 g/mol. The van der Waals surface area contributed by atoms with Crippen LogP contribution in [0.5, 0.6) is 0 Å². The molecule has 1 heterocycles. The summed E-state index contributed by atoms with van der Waals surface area (Å²) in [7, 11) is -3.59. The molecule has 1 amide bonds. The van der Waals surface area contributed by atoms with Crippen LogP contribution >= 0.6 is 12.4 Å². The van der Waals surface area contributed by atoms with Crippen LogP contribution in [0.25, 0.3) is 0 Å². The zero-order valence-corrected chi connectivity index (χ0v) is 13.2. The van der Waals surface area contributed by atoms with Crippen molar-refractivity contribution >= 4 is 28.3 Å². The Labute approximate surface area is 130 Å². The molecule has 0 spiro atoms. The second-order valence-corrected chi connectivity index (χ2v) is 6.64. The van der Waals surface area contributed by atoms with Gasteiger partial charge in [-0.05, 0) is 37.1 Å². The van der Waals surface area contributed by atoms with Gasteiger partial charge in [-0.15, -0.1) is 12.4 Å². The summed E-state index contributed by atoms with van der Waals surface area (Å²) in [5, 5.41) is 11.2. The molecule has 6 nitrogen and oxygen atoms in total. The number of piperidine rings is 1. The van der Waals surface area contributed by atoms with E-state index in [1.165, 1.54) is 0 Å². The number of primary sulfonamides is 1. The van der Waals surface area contributed by atoms with E-state index in [1.807, 2.05) is 0 Å². The number of benzene rings is 1. The number of nitrogens with one attached hydrogen (secondary N) is 2. The minimum Gasteiger partial charge on any atom is -0.348 e. The lowest BCUT2D eigenvalue weighted by molar-refractivity contribution is 0.0930. The third kappa shape index (κ3) is 6.01. The molecule has 0 unspecified atom stereocenters. The molecule has 0 bridgehead atoms. The predicted molar refractivity (Wildman–Crippen MR) is 83.9 cm³/mol. The zero-order valence-electron chi connectivity index (χ0n) is 11.5. The molecule has 4 N–H and O–H groups in total. The first-order valence-electron chi connectivity index (χ1n) is 6.55. The lowest BCUT2D eigenvalue weighted by atomic mass is 10.1. The number of rotatable bonds is 4. The normalized spacial score (nSPS) is 18.6. The third-order valence-corrected chi connectivity index (χ3v) is 3.92. The maximum Gasteiger partial charge on any atom is 0.251 e. The van der Waals surface area contributed by atoms with Crippen molar-refractivity contribution in [3.63, 3.8) is 0 Å². The van der Waals surface area contributed by atoms with E-state index in [4.69, 9.17) is 5.14 Å². The molecule has 0 aliphatic carbocycles. The van der Waals surface area contributed by atoms with E-state index in [2.05, 4.69) is 10.6 Å². The molecular formula is C13H20ClN3O3S. The van der Waals surface area contributed by atoms with Gasteiger partial charge in [0, 0.05) is 18.2 Å². The van der Waals surface area contributed by atoms with Crippen LogP contribution in [0.1, 0.15) is 28.8 Å². The number of sulfonamides is 1. The van der Waals surface area contributed by atoms with Crippen LogP contribution in [0.15, 0.2) is 24.3 Å². The maximum atomic E-state index is 12.1. The Morgan fingerprint density at radius 1 is 1.43 bits per heavy atom. The highest BCUT2D eigenvalue weighted by atomic mass is 35.5. The Kier molecular flexibility index (Phi) is 6.60. The molecule has 0 aromatic heterocycles. The van der Waals surface area contributed by atoms with Crippen LogP contribution < -0.4 is 15.8 Å². The monoisotopic (exact) mass is 333 g/mol. The van der Waals surface area contributed by atoms with E-state index in [0.29, 0.717) is 11.1 Å². The van der Waals surface area contributed by atoms with Gasteiger partial charge in [0.15, 0.2) is 0 Å². The summed E-state index contributed by atoms with van der Waals surface area (Å²) < 4.78 is 22.1. The predicted octanol–water partition coefficient (Wildman–Crippen LogP) is 0.379. The van der Waals surface area contributed by atoms with Crippen LogP contribution in [0.4, 0.5) is 0 Å². The summed E-state index contributed by atoms with van der Waals surface area (Å²) in [4.78, 5) is 12.1. The standard InChI is InChI=1S/C13H19N3O3S.ClH/c14-20(18,19)9-10-3-1-4-11(7-10)13(17)16-12-5-2-6-15-8-12;/h1,3-4,7,12,15H,2,5-6,8-9H2,(H,16,17)(H2,14,18,19);1H/t12-;/m0./s1. The molecule has 8 heteroatoms. The van der Waals surface area contributed by atoms with E-state index >= 15 is 0 Å². The number of hydrogen-bond acceptors (Lipinski definition) is 4. The number of carbonyl (C=O) groups is 1. The molecule has 1 fully saturated rings. The highest BCUT2D eigenvalue weighted by molar-refractivity contribution is 7.88. The minimum atomic E-state index is -3.59. The quantitative estimate of drug-likeness (QED) is 0.741. The summed E-state index contributed by atoms with van der Waals surface area (Å²) in [5.41, 5.74) is 0.971. The van der Waals surface area contributed by atoms with Gasteiger partial charge in [-0.1, -0.05) is 12.1 Å². The fraction of sp³-hybridized carbons (Fsp3) is 0.462. The second-order valence-electron chi connectivity index (χ2n) is 5.02. The first-order chi connectivity index (χ1) is 9.44. The number of nitrogens with two attached hydrogens (primary N) is 1. The van der Waals surface area contributed by atoms with Crippen LogP contribution in [-0.4, -0.2) is 33.5 Å². The summed E-state index contributed by atoms with van der Waals surface area (Å²) in [6.07, 6.45) is 1.99. The smallest absolute Gasteiger partial charge is 0.251 e. The average Bonchev–Trinajstić information content (AvgIpc) is 2.38. The van der Waals surface area contributed by atoms with Crippen LogP contribution in [0, 0.1) is 0 Å². The maximum absolute atomic E-state index is 12.1. The molecule has 1 aliphatic rings. The Bertz CT molecular complexity index is 586. The fourth-order valence-corrected chi connectivity index (χ4v) is 2.92. The van der Waals surface area contributed by atoms with Gasteiger partial charge in [-0.2, -0.15) is 0 Å². The number of amides is 1. The SMILES string of the molecule is Cl.NS(=O)(=O)Cc1cccc(C(=O)N[C@H]2CCCNC2)c1. The lowest BCUT2D eigenvalue weighted by Crippen LogP contribution is -2.45. The van der Waals surface area contributed by atoms with Crippen LogP contribution in [0.2, 0.25) is 0 Å². The van der Waals surface area contributed by atoms with Crippen molar-refractivity contribution in [3.05, 3.63) is 35.4 Å². The highest BCUT2D eigenvalue weighted by Gasteiger charge is 2.16. The lowest BCUT2D eigenvalue weighted by Gasteiger charge is -2.23. The summed E-state index contributed by atoms with van der Waals surface area (Å²) >= 11 is 0. The molecule has 1 aliphatic heterocycles. The molecule has 0 radical (unpaired) electrons. The highest BCUT2D eigenvalue weighted by Crippen LogP contribution is 2.09. The summed E-state index contributed by atoms with van der Waals surface area (Å²) in [6.45, 7) is 1.75. The fourth-order valence-electron chi connectivity index (χ4n) is 2.28. The summed E-state index contributed by atoms with van der Waals surface area (Å²) in [5.74, 6) is -0.450. The molecule has 118 valence electrons. The van der Waals surface area contributed by atoms with E-state index in [0.717, 1.165) is 25.9 Å². The Morgan fingerprint density at radius 3 is 2.81 bits per heavy atom.